The van der Waals surface area contributed by atoms with E-state index < -0.39 is 6.10 Å². The first-order valence-electron chi connectivity index (χ1n) is 6.01. The molecule has 0 heterocycles. The van der Waals surface area contributed by atoms with Gasteiger partial charge in [-0.2, -0.15) is 5.26 Å². The van der Waals surface area contributed by atoms with Gasteiger partial charge in [-0.1, -0.05) is 17.7 Å². The summed E-state index contributed by atoms with van der Waals surface area (Å²) in [6.45, 7) is 3.51. The molecule has 4 nitrogen and oxygen atoms in total. The van der Waals surface area contributed by atoms with E-state index in [9.17, 15) is 4.79 Å². The van der Waals surface area contributed by atoms with Crippen LogP contribution in [0.4, 0.5) is 0 Å². The van der Waals surface area contributed by atoms with Gasteiger partial charge in [0.15, 0.2) is 6.10 Å². The molecule has 0 fully saturated rings. The van der Waals surface area contributed by atoms with Crippen molar-refractivity contribution in [3.63, 3.8) is 0 Å². The van der Waals surface area contributed by atoms with E-state index in [1.165, 1.54) is 4.90 Å². The van der Waals surface area contributed by atoms with Gasteiger partial charge in [0.25, 0.3) is 5.91 Å². The summed E-state index contributed by atoms with van der Waals surface area (Å²) in [5, 5.41) is 9.20. The van der Waals surface area contributed by atoms with Crippen LogP contribution in [0, 0.1) is 11.3 Å². The van der Waals surface area contributed by atoms with Crippen LogP contribution in [0.25, 0.3) is 0 Å². The van der Waals surface area contributed by atoms with Crippen LogP contribution >= 0.6 is 11.6 Å². The number of benzene rings is 1. The monoisotopic (exact) mass is 280 g/mol. The number of rotatable bonds is 5. The van der Waals surface area contributed by atoms with Gasteiger partial charge in [-0.05, 0) is 32.0 Å². The third-order valence-electron chi connectivity index (χ3n) is 2.85. The van der Waals surface area contributed by atoms with E-state index in [2.05, 4.69) is 0 Å². The minimum atomic E-state index is -0.621. The van der Waals surface area contributed by atoms with E-state index in [0.29, 0.717) is 17.2 Å². The molecule has 2 atom stereocenters. The van der Waals surface area contributed by atoms with Crippen LogP contribution in [0.3, 0.4) is 0 Å². The summed E-state index contributed by atoms with van der Waals surface area (Å²) in [5.41, 5.74) is 0. The molecule has 0 aliphatic rings. The molecule has 19 heavy (non-hydrogen) atoms. The van der Waals surface area contributed by atoms with Gasteiger partial charge in [0, 0.05) is 18.1 Å². The van der Waals surface area contributed by atoms with Gasteiger partial charge in [-0.15, -0.1) is 0 Å². The summed E-state index contributed by atoms with van der Waals surface area (Å²) in [4.78, 5) is 13.6. The van der Waals surface area contributed by atoms with Crippen LogP contribution in [0.15, 0.2) is 24.3 Å². The number of ether oxygens (including phenoxy) is 1. The zero-order chi connectivity index (χ0) is 14.4. The second-order valence-corrected chi connectivity index (χ2v) is 4.81. The van der Waals surface area contributed by atoms with Crippen molar-refractivity contribution in [2.45, 2.75) is 32.4 Å². The van der Waals surface area contributed by atoms with Gasteiger partial charge < -0.3 is 9.64 Å². The van der Waals surface area contributed by atoms with Gasteiger partial charge in [0.1, 0.15) is 5.75 Å². The number of amides is 1. The summed E-state index contributed by atoms with van der Waals surface area (Å²) in [5.74, 6) is 0.386. The van der Waals surface area contributed by atoms with Gasteiger partial charge in [0.05, 0.1) is 12.5 Å². The van der Waals surface area contributed by atoms with Crippen molar-refractivity contribution < 1.29 is 9.53 Å². The average Bonchev–Trinajstić information content (AvgIpc) is 2.37. The highest BCUT2D eigenvalue weighted by atomic mass is 35.5. The standard InChI is InChI=1S/C14H17ClN2O2/c1-10(7-8-16)17(3)14(18)11(2)19-13-6-4-5-12(15)9-13/h4-6,9-11H,7H2,1-3H3. The Morgan fingerprint density at radius 2 is 2.21 bits per heavy atom. The first kappa shape index (κ1) is 15.3. The lowest BCUT2D eigenvalue weighted by atomic mass is 10.2. The number of carbonyl (C=O) groups excluding carboxylic acids is 1. The number of nitriles is 1. The molecule has 0 radical (unpaired) electrons. The Bertz CT molecular complexity index is 485. The first-order valence-corrected chi connectivity index (χ1v) is 6.39. The fraction of sp³-hybridized carbons (Fsp3) is 0.429. The van der Waals surface area contributed by atoms with Crippen LogP contribution < -0.4 is 4.74 Å². The molecule has 1 amide bonds. The number of halogens is 1. The quantitative estimate of drug-likeness (QED) is 0.833. The molecule has 2 unspecified atom stereocenters. The second-order valence-electron chi connectivity index (χ2n) is 4.38. The van der Waals surface area contributed by atoms with Crippen molar-refractivity contribution in [1.29, 1.82) is 5.26 Å². The van der Waals surface area contributed by atoms with E-state index in [0.717, 1.165) is 0 Å². The topological polar surface area (TPSA) is 53.3 Å². The fourth-order valence-corrected chi connectivity index (χ4v) is 1.75. The summed E-state index contributed by atoms with van der Waals surface area (Å²) in [6.07, 6.45) is -0.323. The maximum Gasteiger partial charge on any atom is 0.263 e. The van der Waals surface area contributed by atoms with E-state index in [1.807, 2.05) is 13.0 Å². The van der Waals surface area contributed by atoms with Crippen LogP contribution in [-0.2, 0) is 4.79 Å². The van der Waals surface area contributed by atoms with Crippen LogP contribution in [0.2, 0.25) is 5.02 Å². The van der Waals surface area contributed by atoms with Crippen molar-refractivity contribution >= 4 is 17.5 Å². The first-order chi connectivity index (χ1) is 8.95. The summed E-state index contributed by atoms with van der Waals surface area (Å²) < 4.78 is 5.55. The number of likely N-dealkylation sites (N-methyl/N-ethyl adjacent to an activating group) is 1. The molecule has 0 saturated carbocycles. The zero-order valence-corrected chi connectivity index (χ0v) is 12.0. The SMILES string of the molecule is CC(Oc1cccc(Cl)c1)C(=O)N(C)C(C)CC#N. The van der Waals surface area contributed by atoms with E-state index in [1.54, 1.807) is 38.2 Å². The average molecular weight is 281 g/mol. The lowest BCUT2D eigenvalue weighted by Crippen LogP contribution is -2.42. The van der Waals surface area contributed by atoms with Crippen molar-refractivity contribution in [2.75, 3.05) is 7.05 Å². The number of hydrogen-bond acceptors (Lipinski definition) is 3. The van der Waals surface area contributed by atoms with E-state index >= 15 is 0 Å². The van der Waals surface area contributed by atoms with Crippen LogP contribution in [-0.4, -0.2) is 30.0 Å². The van der Waals surface area contributed by atoms with Gasteiger partial charge in [0.2, 0.25) is 0 Å². The molecule has 102 valence electrons. The van der Waals surface area contributed by atoms with Crippen molar-refractivity contribution in [1.82, 2.24) is 4.90 Å². The van der Waals surface area contributed by atoms with Crippen molar-refractivity contribution in [3.8, 4) is 11.8 Å². The molecule has 0 aliphatic heterocycles. The number of carbonyl (C=O) groups is 1. The van der Waals surface area contributed by atoms with Gasteiger partial charge in [-0.3, -0.25) is 4.79 Å². The summed E-state index contributed by atoms with van der Waals surface area (Å²) in [6, 6.07) is 8.81. The highest BCUT2D eigenvalue weighted by Crippen LogP contribution is 2.19. The molecule has 0 N–H and O–H groups in total. The summed E-state index contributed by atoms with van der Waals surface area (Å²) >= 11 is 5.85. The van der Waals surface area contributed by atoms with Gasteiger partial charge in [-0.25, -0.2) is 0 Å². The minimum absolute atomic E-state index is 0.136. The fourth-order valence-electron chi connectivity index (χ4n) is 1.57. The molecular weight excluding hydrogens is 264 g/mol. The third kappa shape index (κ3) is 4.46. The lowest BCUT2D eigenvalue weighted by Gasteiger charge is -2.26. The predicted molar refractivity (Wildman–Crippen MR) is 74.0 cm³/mol. The van der Waals surface area contributed by atoms with Crippen molar-refractivity contribution in [3.05, 3.63) is 29.3 Å². The second kappa shape index (κ2) is 7.01. The van der Waals surface area contributed by atoms with E-state index in [4.69, 9.17) is 21.6 Å². The maximum absolute atomic E-state index is 12.1. The molecule has 5 heteroatoms. The van der Waals surface area contributed by atoms with Crippen molar-refractivity contribution in [2.24, 2.45) is 0 Å². The third-order valence-corrected chi connectivity index (χ3v) is 3.09. The Kier molecular flexibility index (Phi) is 5.65. The Labute approximate surface area is 118 Å². The number of hydrogen-bond donors (Lipinski definition) is 0. The molecule has 1 rings (SSSR count). The summed E-state index contributed by atoms with van der Waals surface area (Å²) in [7, 11) is 1.67. The Morgan fingerprint density at radius 3 is 2.79 bits per heavy atom. The van der Waals surface area contributed by atoms with Crippen LogP contribution in [0.1, 0.15) is 20.3 Å². The van der Waals surface area contributed by atoms with E-state index in [-0.39, 0.29) is 11.9 Å². The minimum Gasteiger partial charge on any atom is -0.481 e. The molecule has 0 spiro atoms. The predicted octanol–water partition coefficient (Wildman–Crippen LogP) is 2.87. The Morgan fingerprint density at radius 1 is 1.53 bits per heavy atom. The molecular formula is C14H17ClN2O2. The Hall–Kier alpha value is -1.73. The largest absolute Gasteiger partial charge is 0.481 e. The molecule has 1 aromatic rings. The number of nitrogens with zero attached hydrogens (tertiary/aromatic N) is 2. The smallest absolute Gasteiger partial charge is 0.263 e. The van der Waals surface area contributed by atoms with Crippen LogP contribution in [0.5, 0.6) is 5.75 Å². The maximum atomic E-state index is 12.1. The highest BCUT2D eigenvalue weighted by molar-refractivity contribution is 6.30. The molecule has 0 aliphatic carbocycles. The normalized spacial score (nSPS) is 13.2. The van der Waals surface area contributed by atoms with Gasteiger partial charge >= 0.3 is 0 Å². The molecule has 0 bridgehead atoms. The Balaban J connectivity index is 2.65. The molecule has 0 aromatic heterocycles. The highest BCUT2D eigenvalue weighted by Gasteiger charge is 2.22. The molecule has 1 aromatic carbocycles. The zero-order valence-electron chi connectivity index (χ0n) is 11.3. The molecule has 0 saturated heterocycles. The lowest BCUT2D eigenvalue weighted by molar-refractivity contribution is -0.138.